The number of nitrogens with zero attached hydrogens (tertiary/aromatic N) is 4. The number of alkyl halides is 3. The Kier molecular flexibility index (Phi) is 6.46. The maximum Gasteiger partial charge on any atom is 0.401 e. The largest absolute Gasteiger partial charge is 0.423 e. The molecule has 0 saturated carbocycles. The van der Waals surface area contributed by atoms with Gasteiger partial charge in [-0.3, -0.25) is 9.69 Å². The number of nitrogens with one attached hydrogen (secondary N) is 1. The predicted octanol–water partition coefficient (Wildman–Crippen LogP) is 4.03. The van der Waals surface area contributed by atoms with Crippen LogP contribution < -0.4 is 10.2 Å². The Morgan fingerprint density at radius 3 is 2.43 bits per heavy atom. The van der Waals surface area contributed by atoms with E-state index < -0.39 is 12.7 Å². The number of carbonyl (C=O) groups is 1. The Morgan fingerprint density at radius 2 is 1.80 bits per heavy atom. The van der Waals surface area contributed by atoms with Crippen LogP contribution in [0.4, 0.5) is 19.2 Å². The van der Waals surface area contributed by atoms with E-state index in [0.29, 0.717) is 34.8 Å². The minimum absolute atomic E-state index is 0.136. The van der Waals surface area contributed by atoms with Crippen molar-refractivity contribution in [1.82, 2.24) is 20.1 Å². The number of para-hydroxylation sites is 1. The number of amides is 1. The third-order valence-corrected chi connectivity index (χ3v) is 7.95. The van der Waals surface area contributed by atoms with E-state index in [1.165, 1.54) is 24.2 Å². The van der Waals surface area contributed by atoms with Crippen LogP contribution >= 0.6 is 0 Å². The molecule has 2 aromatic rings. The van der Waals surface area contributed by atoms with Crippen LogP contribution in [-0.2, 0) is 0 Å². The van der Waals surface area contributed by atoms with Crippen LogP contribution in [0.1, 0.15) is 56.3 Å². The summed E-state index contributed by atoms with van der Waals surface area (Å²) < 4.78 is 44.7. The molecule has 35 heavy (non-hydrogen) atoms. The van der Waals surface area contributed by atoms with Crippen LogP contribution in [-0.4, -0.2) is 83.8 Å². The third-order valence-electron chi connectivity index (χ3n) is 7.95. The highest BCUT2D eigenvalue weighted by atomic mass is 19.4. The van der Waals surface area contributed by atoms with Gasteiger partial charge in [-0.05, 0) is 58.7 Å². The number of oxazole rings is 1. The molecule has 3 aliphatic heterocycles. The molecule has 5 rings (SSSR count). The van der Waals surface area contributed by atoms with Crippen LogP contribution in [0.15, 0.2) is 22.6 Å². The lowest BCUT2D eigenvalue weighted by molar-refractivity contribution is -0.148. The summed E-state index contributed by atoms with van der Waals surface area (Å²) in [5.41, 5.74) is 1.47. The van der Waals surface area contributed by atoms with Gasteiger partial charge in [0.2, 0.25) is 0 Å². The van der Waals surface area contributed by atoms with E-state index in [4.69, 9.17) is 4.42 Å². The Bertz CT molecular complexity index is 1050. The molecule has 1 aromatic heterocycles. The van der Waals surface area contributed by atoms with E-state index in [9.17, 15) is 18.0 Å². The molecule has 1 N–H and O–H groups in total. The second kappa shape index (κ2) is 9.28. The van der Waals surface area contributed by atoms with Crippen LogP contribution in [0, 0.1) is 0 Å². The first-order valence-electron chi connectivity index (χ1n) is 12.6. The maximum absolute atomic E-state index is 13.3. The monoisotopic (exact) mass is 493 g/mol. The molecule has 2 unspecified atom stereocenters. The summed E-state index contributed by atoms with van der Waals surface area (Å²) in [4.78, 5) is 23.8. The molecule has 0 spiro atoms. The summed E-state index contributed by atoms with van der Waals surface area (Å²) in [6, 6.07) is 6.39. The van der Waals surface area contributed by atoms with E-state index in [2.05, 4.69) is 22.2 Å². The lowest BCUT2D eigenvalue weighted by Gasteiger charge is -2.47. The third kappa shape index (κ3) is 5.00. The summed E-state index contributed by atoms with van der Waals surface area (Å²) in [6.07, 6.45) is 1.28. The molecular formula is C25H34F3N5O2. The number of piperazine rings is 1. The lowest BCUT2D eigenvalue weighted by atomic mass is 9.82. The van der Waals surface area contributed by atoms with E-state index >= 15 is 0 Å². The Balaban J connectivity index is 1.33. The normalized spacial score (nSPS) is 30.6. The Hall–Kier alpha value is -2.33. The van der Waals surface area contributed by atoms with Crippen LogP contribution in [0.2, 0.25) is 0 Å². The average Bonchev–Trinajstić information content (AvgIpc) is 3.16. The van der Waals surface area contributed by atoms with Crippen molar-refractivity contribution >= 4 is 23.0 Å². The smallest absolute Gasteiger partial charge is 0.401 e. The summed E-state index contributed by atoms with van der Waals surface area (Å²) >= 11 is 0. The topological polar surface area (TPSA) is 64.8 Å². The molecular weight excluding hydrogens is 459 g/mol. The van der Waals surface area contributed by atoms with Gasteiger partial charge in [-0.2, -0.15) is 18.2 Å². The van der Waals surface area contributed by atoms with Crippen molar-refractivity contribution in [3.63, 3.8) is 0 Å². The SMILES string of the molecule is C[C@H]1CN(CC(F)(F)F)C[C@H](C)N1c1nc2c(C(=O)NC3CC4CCCC(C3)N4C)cccc2o1. The number of halogens is 3. The van der Waals surface area contributed by atoms with Gasteiger partial charge in [0.25, 0.3) is 11.9 Å². The van der Waals surface area contributed by atoms with Crippen molar-refractivity contribution in [2.45, 2.75) is 82.3 Å². The standard InChI is InChI=1S/C25H34F3N5O2/c1-15-12-32(14-25(26,27)28)13-16(2)33(15)24-30-22-20(8-5-9-21(22)35-24)23(34)29-17-10-18-6-4-7-19(11-17)31(18)3/h5,8-9,15-19H,4,6-7,10-14H2,1-3H3,(H,29,34)/t15-,16-,17?,18?,19?/m0/s1. The van der Waals surface area contributed by atoms with E-state index in [-0.39, 0.29) is 37.1 Å². The van der Waals surface area contributed by atoms with Gasteiger partial charge < -0.3 is 19.5 Å². The zero-order valence-electron chi connectivity index (χ0n) is 20.5. The van der Waals surface area contributed by atoms with Gasteiger partial charge in [0.15, 0.2) is 5.58 Å². The fourth-order valence-electron chi connectivity index (χ4n) is 6.42. The molecule has 3 saturated heterocycles. The summed E-state index contributed by atoms with van der Waals surface area (Å²) in [5, 5.41) is 3.24. The molecule has 192 valence electrons. The molecule has 2 bridgehead atoms. The average molecular weight is 494 g/mol. The zero-order chi connectivity index (χ0) is 24.9. The molecule has 0 aliphatic carbocycles. The molecule has 0 radical (unpaired) electrons. The molecule has 10 heteroatoms. The number of fused-ring (bicyclic) bond motifs is 3. The second-order valence-electron chi connectivity index (χ2n) is 10.6. The number of anilines is 1. The first kappa shape index (κ1) is 24.4. The van der Waals surface area contributed by atoms with E-state index in [1.807, 2.05) is 18.7 Å². The van der Waals surface area contributed by atoms with Crippen LogP contribution in [0.5, 0.6) is 0 Å². The molecule has 3 aliphatic rings. The molecule has 4 atom stereocenters. The number of piperidine rings is 2. The fraction of sp³-hybridized carbons (Fsp3) is 0.680. The number of benzene rings is 1. The first-order valence-corrected chi connectivity index (χ1v) is 12.6. The van der Waals surface area contributed by atoms with Gasteiger partial charge in [0.05, 0.1) is 12.1 Å². The number of rotatable bonds is 4. The van der Waals surface area contributed by atoms with Crippen molar-refractivity contribution in [2.24, 2.45) is 0 Å². The summed E-state index contributed by atoms with van der Waals surface area (Å²) in [5.74, 6) is -0.154. The fourth-order valence-corrected chi connectivity index (χ4v) is 6.42. The number of aromatic nitrogens is 1. The van der Waals surface area contributed by atoms with Crippen molar-refractivity contribution in [3.8, 4) is 0 Å². The van der Waals surface area contributed by atoms with Crippen LogP contribution in [0.3, 0.4) is 0 Å². The van der Waals surface area contributed by atoms with Crippen LogP contribution in [0.25, 0.3) is 11.1 Å². The second-order valence-corrected chi connectivity index (χ2v) is 10.6. The molecule has 1 aromatic carbocycles. The van der Waals surface area contributed by atoms with Gasteiger partial charge in [-0.1, -0.05) is 12.5 Å². The van der Waals surface area contributed by atoms with Gasteiger partial charge in [0, 0.05) is 43.3 Å². The highest BCUT2D eigenvalue weighted by Gasteiger charge is 2.39. The van der Waals surface area contributed by atoms with Gasteiger partial charge in [0.1, 0.15) is 5.52 Å². The molecule has 4 heterocycles. The molecule has 7 nitrogen and oxygen atoms in total. The van der Waals surface area contributed by atoms with Gasteiger partial charge in [-0.15, -0.1) is 0 Å². The summed E-state index contributed by atoms with van der Waals surface area (Å²) in [6.45, 7) is 3.34. The van der Waals surface area contributed by atoms with E-state index in [0.717, 1.165) is 12.8 Å². The number of hydrogen-bond donors (Lipinski definition) is 1. The van der Waals surface area contributed by atoms with Gasteiger partial charge >= 0.3 is 6.18 Å². The number of carbonyl (C=O) groups excluding carboxylic acids is 1. The maximum atomic E-state index is 13.3. The van der Waals surface area contributed by atoms with Gasteiger partial charge in [-0.25, -0.2) is 0 Å². The lowest BCUT2D eigenvalue weighted by Crippen LogP contribution is -2.58. The van der Waals surface area contributed by atoms with Crippen molar-refractivity contribution < 1.29 is 22.4 Å². The number of hydrogen-bond acceptors (Lipinski definition) is 6. The predicted molar refractivity (Wildman–Crippen MR) is 128 cm³/mol. The highest BCUT2D eigenvalue weighted by Crippen LogP contribution is 2.34. The van der Waals surface area contributed by atoms with Crippen molar-refractivity contribution in [1.29, 1.82) is 0 Å². The first-order chi connectivity index (χ1) is 16.6. The zero-order valence-corrected chi connectivity index (χ0v) is 20.5. The minimum atomic E-state index is -4.23. The van der Waals surface area contributed by atoms with E-state index in [1.54, 1.807) is 18.2 Å². The summed E-state index contributed by atoms with van der Waals surface area (Å²) in [7, 11) is 2.19. The quantitative estimate of drug-likeness (QED) is 0.694. The van der Waals surface area contributed by atoms with Crippen molar-refractivity contribution in [2.75, 3.05) is 31.6 Å². The Morgan fingerprint density at radius 1 is 1.14 bits per heavy atom. The molecule has 3 fully saturated rings. The minimum Gasteiger partial charge on any atom is -0.423 e. The Labute approximate surface area is 203 Å². The molecule has 1 amide bonds. The van der Waals surface area contributed by atoms with Crippen molar-refractivity contribution in [3.05, 3.63) is 23.8 Å². The highest BCUT2D eigenvalue weighted by molar-refractivity contribution is 6.04.